The Bertz CT molecular complexity index is 1190. The first-order valence-corrected chi connectivity index (χ1v) is 9.89. The van der Waals surface area contributed by atoms with Gasteiger partial charge < -0.3 is 20.5 Å². The monoisotopic (exact) mass is 443 g/mol. The average Bonchev–Trinajstić information content (AvgIpc) is 3.20. The van der Waals surface area contributed by atoms with E-state index in [1.807, 2.05) is 4.90 Å². The molecular formula is C22H20F3N5O2. The first kappa shape index (κ1) is 21.4. The van der Waals surface area contributed by atoms with E-state index in [4.69, 9.17) is 5.73 Å². The summed E-state index contributed by atoms with van der Waals surface area (Å²) in [6, 6.07) is 9.80. The third-order valence-corrected chi connectivity index (χ3v) is 5.28. The molecule has 1 aliphatic heterocycles. The van der Waals surface area contributed by atoms with Crippen LogP contribution in [0.4, 0.5) is 19.1 Å². The smallest absolute Gasteiger partial charge is 0.366 e. The lowest BCUT2D eigenvalue weighted by atomic mass is 10.1. The van der Waals surface area contributed by atoms with Gasteiger partial charge in [-0.15, -0.1) is 0 Å². The van der Waals surface area contributed by atoms with Gasteiger partial charge in [0.2, 0.25) is 17.8 Å². The van der Waals surface area contributed by atoms with Crippen molar-refractivity contribution < 1.29 is 22.8 Å². The quantitative estimate of drug-likeness (QED) is 0.606. The fourth-order valence-electron chi connectivity index (χ4n) is 3.53. The Hall–Kier alpha value is -3.82. The number of aromatic nitrogens is 2. The number of carbonyl (C=O) groups is 2. The molecular weight excluding hydrogens is 423 g/mol. The zero-order chi connectivity index (χ0) is 22.9. The minimum Gasteiger partial charge on any atom is -0.366 e. The Labute approximate surface area is 181 Å². The number of benzene rings is 2. The van der Waals surface area contributed by atoms with Gasteiger partial charge in [-0.2, -0.15) is 13.2 Å². The maximum absolute atomic E-state index is 12.8. The van der Waals surface area contributed by atoms with Crippen molar-refractivity contribution in [3.05, 3.63) is 65.2 Å². The molecule has 3 aromatic rings. The summed E-state index contributed by atoms with van der Waals surface area (Å²) in [6.45, 7) is 1.95. The van der Waals surface area contributed by atoms with Gasteiger partial charge in [0.05, 0.1) is 16.6 Å². The number of nitrogens with two attached hydrogens (primary N) is 1. The van der Waals surface area contributed by atoms with E-state index >= 15 is 0 Å². The van der Waals surface area contributed by atoms with Gasteiger partial charge in [0.25, 0.3) is 0 Å². The van der Waals surface area contributed by atoms with E-state index in [9.17, 15) is 22.8 Å². The molecule has 2 amide bonds. The second-order valence-corrected chi connectivity index (χ2v) is 7.43. The van der Waals surface area contributed by atoms with E-state index in [1.165, 1.54) is 24.3 Å². The summed E-state index contributed by atoms with van der Waals surface area (Å²) in [5, 5.41) is 0. The summed E-state index contributed by atoms with van der Waals surface area (Å²) in [4.78, 5) is 35.1. The topological polar surface area (TPSA) is 95.3 Å². The Balaban J connectivity index is 1.38. The number of rotatable bonds is 4. The lowest BCUT2D eigenvalue weighted by Gasteiger charge is -2.34. The second-order valence-electron chi connectivity index (χ2n) is 7.43. The highest BCUT2D eigenvalue weighted by Crippen LogP contribution is 2.29. The zero-order valence-electron chi connectivity index (χ0n) is 16.9. The Morgan fingerprint density at radius 1 is 1.06 bits per heavy atom. The Kier molecular flexibility index (Phi) is 5.60. The molecule has 1 fully saturated rings. The van der Waals surface area contributed by atoms with Gasteiger partial charge in [0.15, 0.2) is 0 Å². The molecule has 0 spiro atoms. The number of amides is 2. The normalized spacial score (nSPS) is 15.0. The molecule has 3 N–H and O–H groups in total. The number of nitrogens with one attached hydrogen (secondary N) is 1. The minimum atomic E-state index is -4.43. The molecule has 1 aliphatic rings. The molecule has 1 aromatic heterocycles. The summed E-state index contributed by atoms with van der Waals surface area (Å²) < 4.78 is 38.5. The average molecular weight is 443 g/mol. The highest BCUT2D eigenvalue weighted by Gasteiger charge is 2.30. The van der Waals surface area contributed by atoms with Crippen LogP contribution in [-0.4, -0.2) is 52.9 Å². The number of hydrogen-bond acceptors (Lipinski definition) is 4. The van der Waals surface area contributed by atoms with Crippen LogP contribution in [0.25, 0.3) is 17.1 Å². The van der Waals surface area contributed by atoms with Gasteiger partial charge in [-0.3, -0.25) is 9.59 Å². The standard InChI is InChI=1S/C22H20F3N5O2/c23-22(24,25)16-3-1-2-14(12-16)4-7-19(31)29-8-10-30(11-9-29)21-27-17-6-5-15(20(26)32)13-18(17)28-21/h1-7,12-13H,8-11H2,(H2,26,32)(H,27,28). The van der Waals surface area contributed by atoms with Crippen molar-refractivity contribution in [1.29, 1.82) is 0 Å². The predicted octanol–water partition coefficient (Wildman–Crippen LogP) is 3.04. The van der Waals surface area contributed by atoms with Gasteiger partial charge >= 0.3 is 6.18 Å². The molecule has 4 rings (SSSR count). The molecule has 0 atom stereocenters. The van der Waals surface area contributed by atoms with Gasteiger partial charge in [0, 0.05) is 37.8 Å². The third kappa shape index (κ3) is 4.58. The van der Waals surface area contributed by atoms with E-state index in [0.717, 1.165) is 12.1 Å². The first-order valence-electron chi connectivity index (χ1n) is 9.89. The summed E-state index contributed by atoms with van der Waals surface area (Å²) >= 11 is 0. The number of carbonyl (C=O) groups excluding carboxylic acids is 2. The van der Waals surface area contributed by atoms with Crippen molar-refractivity contribution in [2.75, 3.05) is 31.1 Å². The van der Waals surface area contributed by atoms with E-state index in [0.29, 0.717) is 54.3 Å². The van der Waals surface area contributed by atoms with Crippen LogP contribution < -0.4 is 10.6 Å². The van der Waals surface area contributed by atoms with Crippen LogP contribution in [0.15, 0.2) is 48.5 Å². The fraction of sp³-hybridized carbons (Fsp3) is 0.227. The van der Waals surface area contributed by atoms with Crippen LogP contribution >= 0.6 is 0 Å². The molecule has 2 heterocycles. The van der Waals surface area contributed by atoms with Crippen LogP contribution in [0.3, 0.4) is 0 Å². The Morgan fingerprint density at radius 2 is 1.81 bits per heavy atom. The molecule has 166 valence electrons. The third-order valence-electron chi connectivity index (χ3n) is 5.28. The van der Waals surface area contributed by atoms with Crippen molar-refractivity contribution in [1.82, 2.24) is 14.9 Å². The number of H-pyrrole nitrogens is 1. The highest BCUT2D eigenvalue weighted by atomic mass is 19.4. The molecule has 1 saturated heterocycles. The highest BCUT2D eigenvalue weighted by molar-refractivity contribution is 5.96. The number of halogens is 3. The van der Waals surface area contributed by atoms with Gasteiger partial charge in [-0.05, 0) is 42.0 Å². The Morgan fingerprint density at radius 3 is 2.50 bits per heavy atom. The molecule has 0 bridgehead atoms. The van der Waals surface area contributed by atoms with E-state index in [1.54, 1.807) is 23.1 Å². The maximum Gasteiger partial charge on any atom is 0.416 e. The van der Waals surface area contributed by atoms with Crippen molar-refractivity contribution in [3.63, 3.8) is 0 Å². The molecule has 32 heavy (non-hydrogen) atoms. The number of nitrogens with zero attached hydrogens (tertiary/aromatic N) is 3. The van der Waals surface area contributed by atoms with Crippen molar-refractivity contribution >= 4 is 34.9 Å². The predicted molar refractivity (Wildman–Crippen MR) is 114 cm³/mol. The molecule has 0 saturated carbocycles. The summed E-state index contributed by atoms with van der Waals surface area (Å²) in [6.07, 6.45) is -1.75. The SMILES string of the molecule is NC(=O)c1ccc2nc(N3CCN(C(=O)C=Cc4cccc(C(F)(F)F)c4)CC3)[nH]c2c1. The van der Waals surface area contributed by atoms with Gasteiger partial charge in [-0.1, -0.05) is 12.1 Å². The summed E-state index contributed by atoms with van der Waals surface area (Å²) in [5.41, 5.74) is 6.64. The van der Waals surface area contributed by atoms with Crippen molar-refractivity contribution in [3.8, 4) is 0 Å². The number of piperazine rings is 1. The number of primary amides is 1. The van der Waals surface area contributed by atoms with Crippen molar-refractivity contribution in [2.45, 2.75) is 6.18 Å². The summed E-state index contributed by atoms with van der Waals surface area (Å²) in [7, 11) is 0. The zero-order valence-corrected chi connectivity index (χ0v) is 16.9. The molecule has 0 unspecified atom stereocenters. The molecule has 0 aliphatic carbocycles. The fourth-order valence-corrected chi connectivity index (χ4v) is 3.53. The van der Waals surface area contributed by atoms with E-state index in [2.05, 4.69) is 9.97 Å². The van der Waals surface area contributed by atoms with Crippen LogP contribution in [0.2, 0.25) is 0 Å². The van der Waals surface area contributed by atoms with Crippen LogP contribution in [0.1, 0.15) is 21.5 Å². The van der Waals surface area contributed by atoms with Gasteiger partial charge in [0.1, 0.15) is 0 Å². The number of hydrogen-bond donors (Lipinski definition) is 2. The lowest BCUT2D eigenvalue weighted by Crippen LogP contribution is -2.48. The minimum absolute atomic E-state index is 0.266. The lowest BCUT2D eigenvalue weighted by molar-refractivity contribution is -0.137. The number of fused-ring (bicyclic) bond motifs is 1. The van der Waals surface area contributed by atoms with Crippen LogP contribution in [0, 0.1) is 0 Å². The summed E-state index contributed by atoms with van der Waals surface area (Å²) in [5.74, 6) is -0.153. The second kappa shape index (κ2) is 8.37. The molecule has 2 aromatic carbocycles. The molecule has 10 heteroatoms. The first-order chi connectivity index (χ1) is 15.2. The number of imidazole rings is 1. The largest absolute Gasteiger partial charge is 0.416 e. The van der Waals surface area contributed by atoms with Gasteiger partial charge in [-0.25, -0.2) is 4.98 Å². The van der Waals surface area contributed by atoms with Crippen molar-refractivity contribution in [2.24, 2.45) is 5.73 Å². The number of aromatic amines is 1. The van der Waals surface area contributed by atoms with Crippen LogP contribution in [-0.2, 0) is 11.0 Å². The number of anilines is 1. The van der Waals surface area contributed by atoms with E-state index in [-0.39, 0.29) is 5.91 Å². The molecule has 0 radical (unpaired) electrons. The maximum atomic E-state index is 12.8. The van der Waals surface area contributed by atoms with E-state index < -0.39 is 17.6 Å². The molecule has 7 nitrogen and oxygen atoms in total. The van der Waals surface area contributed by atoms with Crippen LogP contribution in [0.5, 0.6) is 0 Å². The number of alkyl halides is 3.